The minimum Gasteiger partial charge on any atom is -0.308 e. The van der Waals surface area contributed by atoms with E-state index in [1.165, 1.54) is 5.69 Å². The van der Waals surface area contributed by atoms with E-state index < -0.39 is 0 Å². The fourth-order valence-electron chi connectivity index (χ4n) is 1.73. The molecule has 0 bridgehead atoms. The van der Waals surface area contributed by atoms with E-state index in [1.807, 2.05) is 17.9 Å². The lowest BCUT2D eigenvalue weighted by atomic mass is 9.84. The summed E-state index contributed by atoms with van der Waals surface area (Å²) in [5.41, 5.74) is 1.46. The van der Waals surface area contributed by atoms with Gasteiger partial charge >= 0.3 is 0 Å². The molecule has 3 heteroatoms. The van der Waals surface area contributed by atoms with Crippen molar-refractivity contribution >= 4 is 0 Å². The third-order valence-electron chi connectivity index (χ3n) is 2.43. The van der Waals surface area contributed by atoms with Crippen LogP contribution in [0.4, 0.5) is 0 Å². The summed E-state index contributed by atoms with van der Waals surface area (Å²) in [6, 6.07) is 2.44. The van der Waals surface area contributed by atoms with Crippen molar-refractivity contribution < 1.29 is 0 Å². The predicted molar refractivity (Wildman–Crippen MR) is 59.1 cm³/mol. The Kier molecular flexibility index (Phi) is 3.32. The van der Waals surface area contributed by atoms with E-state index in [0.717, 1.165) is 6.54 Å². The number of aromatic nitrogens is 2. The Morgan fingerprint density at radius 1 is 1.50 bits per heavy atom. The van der Waals surface area contributed by atoms with Crippen LogP contribution in [0.1, 0.15) is 39.4 Å². The Labute approximate surface area is 86.5 Å². The molecule has 3 nitrogen and oxygen atoms in total. The van der Waals surface area contributed by atoms with Gasteiger partial charge in [0.1, 0.15) is 0 Å². The van der Waals surface area contributed by atoms with E-state index in [0.29, 0.717) is 6.04 Å². The number of aryl methyl sites for hydroxylation is 1. The first-order chi connectivity index (χ1) is 6.46. The molecule has 1 aromatic rings. The van der Waals surface area contributed by atoms with E-state index in [1.54, 1.807) is 0 Å². The molecule has 0 aliphatic carbocycles. The molecule has 0 radical (unpaired) electrons. The molecule has 80 valence electrons. The summed E-state index contributed by atoms with van der Waals surface area (Å²) in [6.45, 7) is 9.84. The molecule has 1 N–H and O–H groups in total. The van der Waals surface area contributed by atoms with E-state index >= 15 is 0 Å². The molecule has 1 atom stereocenters. The highest BCUT2D eigenvalue weighted by Gasteiger charge is 2.27. The highest BCUT2D eigenvalue weighted by Crippen LogP contribution is 2.31. The molecule has 0 aromatic carbocycles. The first-order valence-corrected chi connectivity index (χ1v) is 5.18. The lowest BCUT2D eigenvalue weighted by molar-refractivity contribution is 0.265. The molecule has 1 rings (SSSR count). The van der Waals surface area contributed by atoms with Crippen LogP contribution in [0, 0.1) is 5.41 Å². The summed E-state index contributed by atoms with van der Waals surface area (Å²) in [4.78, 5) is 0. The van der Waals surface area contributed by atoms with Gasteiger partial charge in [0, 0.05) is 13.2 Å². The van der Waals surface area contributed by atoms with Gasteiger partial charge in [0.15, 0.2) is 0 Å². The van der Waals surface area contributed by atoms with Crippen molar-refractivity contribution in [1.82, 2.24) is 15.1 Å². The van der Waals surface area contributed by atoms with Crippen LogP contribution in [0.5, 0.6) is 0 Å². The third kappa shape index (κ3) is 2.35. The Balaban J connectivity index is 2.95. The van der Waals surface area contributed by atoms with Gasteiger partial charge in [-0.15, -0.1) is 0 Å². The quantitative estimate of drug-likeness (QED) is 0.800. The van der Waals surface area contributed by atoms with E-state index in [4.69, 9.17) is 0 Å². The zero-order valence-corrected chi connectivity index (χ0v) is 9.83. The normalized spacial score (nSPS) is 14.4. The molecular formula is C11H21N3. The molecule has 0 fully saturated rings. The fraction of sp³-hybridized carbons (Fsp3) is 0.727. The maximum atomic E-state index is 4.21. The Morgan fingerprint density at radius 3 is 2.50 bits per heavy atom. The maximum absolute atomic E-state index is 4.21. The summed E-state index contributed by atoms with van der Waals surface area (Å²) < 4.78 is 1.94. The highest BCUT2D eigenvalue weighted by molar-refractivity contribution is 5.09. The Morgan fingerprint density at radius 2 is 2.14 bits per heavy atom. The summed E-state index contributed by atoms with van der Waals surface area (Å²) in [7, 11) is 1.99. The largest absolute Gasteiger partial charge is 0.308 e. The maximum Gasteiger partial charge on any atom is 0.0555 e. The van der Waals surface area contributed by atoms with Gasteiger partial charge in [0.05, 0.1) is 11.7 Å². The van der Waals surface area contributed by atoms with Gasteiger partial charge in [-0.25, -0.2) is 0 Å². The van der Waals surface area contributed by atoms with Gasteiger partial charge in [0.25, 0.3) is 0 Å². The van der Waals surface area contributed by atoms with Crippen molar-refractivity contribution in [3.63, 3.8) is 0 Å². The number of nitrogens with one attached hydrogen (secondary N) is 1. The zero-order chi connectivity index (χ0) is 10.8. The van der Waals surface area contributed by atoms with Crippen LogP contribution in [0.25, 0.3) is 0 Å². The summed E-state index contributed by atoms with van der Waals surface area (Å²) in [6.07, 6.45) is 1.85. The molecular weight excluding hydrogens is 174 g/mol. The fourth-order valence-corrected chi connectivity index (χ4v) is 1.73. The Bertz CT molecular complexity index is 283. The van der Waals surface area contributed by atoms with Crippen molar-refractivity contribution in [3.8, 4) is 0 Å². The average Bonchev–Trinajstić information content (AvgIpc) is 2.45. The molecule has 0 aliphatic heterocycles. The number of nitrogens with zero attached hydrogens (tertiary/aromatic N) is 2. The number of rotatable bonds is 3. The molecule has 0 saturated carbocycles. The molecule has 0 spiro atoms. The van der Waals surface area contributed by atoms with E-state index in [2.05, 4.69) is 44.2 Å². The van der Waals surface area contributed by atoms with E-state index in [-0.39, 0.29) is 5.41 Å². The lowest BCUT2D eigenvalue weighted by Crippen LogP contribution is -2.33. The van der Waals surface area contributed by atoms with Gasteiger partial charge in [-0.1, -0.05) is 27.7 Å². The van der Waals surface area contributed by atoms with Crippen molar-refractivity contribution in [1.29, 1.82) is 0 Å². The van der Waals surface area contributed by atoms with Crippen molar-refractivity contribution in [2.45, 2.75) is 33.7 Å². The zero-order valence-electron chi connectivity index (χ0n) is 9.83. The molecule has 1 aromatic heterocycles. The second-order valence-electron chi connectivity index (χ2n) is 4.74. The lowest BCUT2D eigenvalue weighted by Gasteiger charge is -2.31. The third-order valence-corrected chi connectivity index (χ3v) is 2.43. The Hall–Kier alpha value is -0.830. The summed E-state index contributed by atoms with van der Waals surface area (Å²) in [5.74, 6) is 0. The molecule has 14 heavy (non-hydrogen) atoms. The van der Waals surface area contributed by atoms with Gasteiger partial charge in [-0.3, -0.25) is 4.68 Å². The van der Waals surface area contributed by atoms with Gasteiger partial charge < -0.3 is 5.32 Å². The number of hydrogen-bond donors (Lipinski definition) is 1. The SMILES string of the molecule is CCNC(c1ccnn1C)C(C)(C)C. The summed E-state index contributed by atoms with van der Waals surface area (Å²) >= 11 is 0. The van der Waals surface area contributed by atoms with Gasteiger partial charge in [0.2, 0.25) is 0 Å². The predicted octanol–water partition coefficient (Wildman–Crippen LogP) is 2.12. The number of hydrogen-bond acceptors (Lipinski definition) is 2. The van der Waals surface area contributed by atoms with Gasteiger partial charge in [-0.05, 0) is 18.0 Å². The van der Waals surface area contributed by atoms with Crippen molar-refractivity contribution in [3.05, 3.63) is 18.0 Å². The monoisotopic (exact) mass is 195 g/mol. The van der Waals surface area contributed by atoms with Crippen molar-refractivity contribution in [2.75, 3.05) is 6.54 Å². The summed E-state index contributed by atoms with van der Waals surface area (Å²) in [5, 5.41) is 7.71. The minimum absolute atomic E-state index is 0.212. The van der Waals surface area contributed by atoms with Crippen LogP contribution in [-0.2, 0) is 7.05 Å². The minimum atomic E-state index is 0.212. The van der Waals surface area contributed by atoms with Crippen LogP contribution in [0.3, 0.4) is 0 Å². The first-order valence-electron chi connectivity index (χ1n) is 5.18. The highest BCUT2D eigenvalue weighted by atomic mass is 15.3. The van der Waals surface area contributed by atoms with Crippen LogP contribution < -0.4 is 5.32 Å². The van der Waals surface area contributed by atoms with Gasteiger partial charge in [-0.2, -0.15) is 5.10 Å². The average molecular weight is 195 g/mol. The van der Waals surface area contributed by atoms with Crippen LogP contribution in [0.2, 0.25) is 0 Å². The van der Waals surface area contributed by atoms with Crippen molar-refractivity contribution in [2.24, 2.45) is 12.5 Å². The smallest absolute Gasteiger partial charge is 0.0555 e. The van der Waals surface area contributed by atoms with Crippen LogP contribution >= 0.6 is 0 Å². The molecule has 1 heterocycles. The standard InChI is InChI=1S/C11H21N3/c1-6-12-10(11(2,3)4)9-7-8-13-14(9)5/h7-8,10,12H,6H2,1-5H3. The van der Waals surface area contributed by atoms with Crippen LogP contribution in [-0.4, -0.2) is 16.3 Å². The second-order valence-corrected chi connectivity index (χ2v) is 4.74. The van der Waals surface area contributed by atoms with Crippen LogP contribution in [0.15, 0.2) is 12.3 Å². The first kappa shape index (κ1) is 11.2. The molecule has 0 amide bonds. The molecule has 0 saturated heterocycles. The molecule has 0 aliphatic rings. The molecule has 1 unspecified atom stereocenters. The topological polar surface area (TPSA) is 29.9 Å². The second kappa shape index (κ2) is 4.13. The van der Waals surface area contributed by atoms with E-state index in [9.17, 15) is 0 Å².